The van der Waals surface area contributed by atoms with Gasteiger partial charge in [0.1, 0.15) is 17.1 Å². The minimum Gasteiger partial charge on any atom is -0.466 e. The third-order valence-corrected chi connectivity index (χ3v) is 4.91. The zero-order chi connectivity index (χ0) is 20.9. The van der Waals surface area contributed by atoms with Crippen molar-refractivity contribution < 1.29 is 9.52 Å². The van der Waals surface area contributed by atoms with Crippen molar-refractivity contribution in [2.45, 2.75) is 46.3 Å². The van der Waals surface area contributed by atoms with Gasteiger partial charge in [-0.3, -0.25) is 0 Å². The fraction of sp³-hybridized carbons (Fsp3) is 0.455. The minimum absolute atomic E-state index is 0.244. The molecule has 0 bridgehead atoms. The number of hydrogen-bond acceptors (Lipinski definition) is 4. The van der Waals surface area contributed by atoms with Crippen molar-refractivity contribution in [2.24, 2.45) is 4.99 Å². The molecule has 0 fully saturated rings. The number of furan rings is 1. The van der Waals surface area contributed by atoms with Crippen LogP contribution >= 0.6 is 0 Å². The highest BCUT2D eigenvalue weighted by Gasteiger charge is 2.27. The second-order valence-corrected chi connectivity index (χ2v) is 7.50. The molecule has 3 N–H and O–H groups in total. The third-order valence-electron chi connectivity index (χ3n) is 4.91. The number of aliphatic hydroxyl groups is 1. The monoisotopic (exact) mass is 397 g/mol. The van der Waals surface area contributed by atoms with E-state index in [0.717, 1.165) is 54.2 Å². The maximum atomic E-state index is 10.9. The Hall–Kier alpha value is -2.80. The first-order chi connectivity index (χ1) is 13.9. The molecule has 0 saturated heterocycles. The summed E-state index contributed by atoms with van der Waals surface area (Å²) in [6.45, 7) is 10.2. The predicted molar refractivity (Wildman–Crippen MR) is 116 cm³/mol. The topological polar surface area (TPSA) is 87.6 Å². The van der Waals surface area contributed by atoms with Crippen molar-refractivity contribution in [1.29, 1.82) is 0 Å². The highest BCUT2D eigenvalue weighted by Crippen LogP contribution is 2.27. The van der Waals surface area contributed by atoms with Crippen LogP contribution in [0.15, 0.2) is 46.1 Å². The molecular formula is C22H31N5O2. The van der Waals surface area contributed by atoms with Crippen LogP contribution in [0.3, 0.4) is 0 Å². The standard InChI is InChI=1S/C22H31N5O2/c1-5-23-21(25-14-22(4,28)18-13-16(2)29-17(18)3)24-11-8-12-27-15-26-19-9-6-7-10-20(19)27/h6-7,9-10,13,15,28H,5,8,11-12,14H2,1-4H3,(H2,23,24,25). The molecule has 156 valence electrons. The van der Waals surface area contributed by atoms with E-state index in [0.29, 0.717) is 5.96 Å². The first kappa shape index (κ1) is 20.9. The van der Waals surface area contributed by atoms with Gasteiger partial charge < -0.3 is 24.7 Å². The second-order valence-electron chi connectivity index (χ2n) is 7.50. The number of imidazole rings is 1. The summed E-state index contributed by atoms with van der Waals surface area (Å²) in [5, 5.41) is 17.4. The maximum absolute atomic E-state index is 10.9. The predicted octanol–water partition coefficient (Wildman–Crippen LogP) is 3.10. The summed E-state index contributed by atoms with van der Waals surface area (Å²) in [7, 11) is 0. The van der Waals surface area contributed by atoms with E-state index >= 15 is 0 Å². The molecule has 2 aromatic heterocycles. The Morgan fingerprint density at radius 3 is 2.79 bits per heavy atom. The number of aryl methyl sites for hydroxylation is 3. The molecule has 1 unspecified atom stereocenters. The van der Waals surface area contributed by atoms with Gasteiger partial charge in [0.25, 0.3) is 0 Å². The molecule has 3 rings (SSSR count). The maximum Gasteiger partial charge on any atom is 0.191 e. The zero-order valence-electron chi connectivity index (χ0n) is 17.7. The summed E-state index contributed by atoms with van der Waals surface area (Å²) in [5.74, 6) is 2.22. The van der Waals surface area contributed by atoms with Gasteiger partial charge >= 0.3 is 0 Å². The van der Waals surface area contributed by atoms with E-state index in [1.54, 1.807) is 6.92 Å². The molecule has 0 saturated carbocycles. The molecule has 1 atom stereocenters. The highest BCUT2D eigenvalue weighted by atomic mass is 16.3. The molecule has 1 aromatic carbocycles. The van der Waals surface area contributed by atoms with Gasteiger partial charge in [0.05, 0.1) is 23.9 Å². The molecule has 3 aromatic rings. The smallest absolute Gasteiger partial charge is 0.191 e. The summed E-state index contributed by atoms with van der Waals surface area (Å²) in [5.41, 5.74) is 1.86. The van der Waals surface area contributed by atoms with E-state index in [2.05, 4.69) is 31.2 Å². The summed E-state index contributed by atoms with van der Waals surface area (Å²) in [4.78, 5) is 9.01. The number of rotatable bonds is 8. The lowest BCUT2D eigenvalue weighted by atomic mass is 9.96. The molecule has 0 radical (unpaired) electrons. The van der Waals surface area contributed by atoms with Crippen molar-refractivity contribution in [1.82, 2.24) is 20.2 Å². The van der Waals surface area contributed by atoms with Gasteiger partial charge in [0, 0.05) is 25.2 Å². The average Bonchev–Trinajstić information content (AvgIpc) is 3.26. The second kappa shape index (κ2) is 9.13. The van der Waals surface area contributed by atoms with Crippen LogP contribution in [0, 0.1) is 13.8 Å². The van der Waals surface area contributed by atoms with Gasteiger partial charge in [-0.25, -0.2) is 9.98 Å². The molecule has 0 spiro atoms. The summed E-state index contributed by atoms with van der Waals surface area (Å²) >= 11 is 0. The molecule has 0 amide bonds. The number of nitrogens with one attached hydrogen (secondary N) is 2. The van der Waals surface area contributed by atoms with Crippen molar-refractivity contribution >= 4 is 17.0 Å². The molecule has 29 heavy (non-hydrogen) atoms. The Kier molecular flexibility index (Phi) is 6.59. The fourth-order valence-corrected chi connectivity index (χ4v) is 3.47. The highest BCUT2D eigenvalue weighted by molar-refractivity contribution is 5.79. The number of fused-ring (bicyclic) bond motifs is 1. The lowest BCUT2D eigenvalue weighted by Crippen LogP contribution is -2.39. The van der Waals surface area contributed by atoms with Gasteiger partial charge in [0.15, 0.2) is 5.96 Å². The van der Waals surface area contributed by atoms with E-state index < -0.39 is 5.60 Å². The van der Waals surface area contributed by atoms with Crippen LogP contribution in [0.25, 0.3) is 11.0 Å². The zero-order valence-corrected chi connectivity index (χ0v) is 17.7. The van der Waals surface area contributed by atoms with Crippen LogP contribution < -0.4 is 10.6 Å². The summed E-state index contributed by atoms with van der Waals surface area (Å²) in [6.07, 6.45) is 2.82. The number of aliphatic imine (C=N–C) groups is 1. The lowest BCUT2D eigenvalue weighted by Gasteiger charge is -2.21. The Labute approximate surface area is 171 Å². The van der Waals surface area contributed by atoms with Gasteiger partial charge in [-0.1, -0.05) is 12.1 Å². The van der Waals surface area contributed by atoms with Crippen LogP contribution in [0.1, 0.15) is 37.4 Å². The lowest BCUT2D eigenvalue weighted by molar-refractivity contribution is 0.0657. The number of hydrogen-bond donors (Lipinski definition) is 3. The van der Waals surface area contributed by atoms with Crippen molar-refractivity contribution in [3.63, 3.8) is 0 Å². The summed E-state index contributed by atoms with van der Waals surface area (Å²) < 4.78 is 7.72. The van der Waals surface area contributed by atoms with Crippen LogP contribution in [0.4, 0.5) is 0 Å². The first-order valence-electron chi connectivity index (χ1n) is 10.1. The van der Waals surface area contributed by atoms with Crippen LogP contribution in [0.2, 0.25) is 0 Å². The Bertz CT molecular complexity index is 971. The minimum atomic E-state index is -1.08. The Balaban J connectivity index is 1.56. The van der Waals surface area contributed by atoms with Gasteiger partial charge in [-0.05, 0) is 52.3 Å². The molecule has 0 aliphatic heterocycles. The van der Waals surface area contributed by atoms with E-state index in [9.17, 15) is 5.11 Å². The molecule has 0 aliphatic rings. The van der Waals surface area contributed by atoms with Gasteiger partial charge in [0.2, 0.25) is 0 Å². The third kappa shape index (κ3) is 5.17. The van der Waals surface area contributed by atoms with Crippen LogP contribution in [-0.2, 0) is 12.1 Å². The molecule has 0 aliphatic carbocycles. The van der Waals surface area contributed by atoms with E-state index in [1.807, 2.05) is 51.4 Å². The van der Waals surface area contributed by atoms with Crippen molar-refractivity contribution in [3.05, 3.63) is 53.7 Å². The van der Waals surface area contributed by atoms with Gasteiger partial charge in [-0.2, -0.15) is 0 Å². The Morgan fingerprint density at radius 1 is 1.28 bits per heavy atom. The molecule has 2 heterocycles. The number of benzene rings is 1. The van der Waals surface area contributed by atoms with Crippen LogP contribution in [-0.4, -0.2) is 40.3 Å². The van der Waals surface area contributed by atoms with E-state index in [4.69, 9.17) is 4.42 Å². The number of guanidine groups is 1. The van der Waals surface area contributed by atoms with E-state index in [1.165, 1.54) is 0 Å². The fourth-order valence-electron chi connectivity index (χ4n) is 3.47. The van der Waals surface area contributed by atoms with Crippen molar-refractivity contribution in [3.8, 4) is 0 Å². The first-order valence-corrected chi connectivity index (χ1v) is 10.1. The molecule has 7 heteroatoms. The van der Waals surface area contributed by atoms with E-state index in [-0.39, 0.29) is 6.54 Å². The number of para-hydroxylation sites is 2. The normalized spacial score (nSPS) is 14.2. The quantitative estimate of drug-likeness (QED) is 0.309. The van der Waals surface area contributed by atoms with Crippen LogP contribution in [0.5, 0.6) is 0 Å². The number of aromatic nitrogens is 2. The largest absolute Gasteiger partial charge is 0.466 e. The molecular weight excluding hydrogens is 366 g/mol. The van der Waals surface area contributed by atoms with Crippen molar-refractivity contribution in [2.75, 3.05) is 19.6 Å². The molecule has 7 nitrogen and oxygen atoms in total. The van der Waals surface area contributed by atoms with Gasteiger partial charge in [-0.15, -0.1) is 0 Å². The summed E-state index contributed by atoms with van der Waals surface area (Å²) in [6, 6.07) is 10.0. The SMILES string of the molecule is CCNC(=NCC(C)(O)c1cc(C)oc1C)NCCCn1cnc2ccccc21. The number of nitrogens with zero attached hydrogens (tertiary/aromatic N) is 3. The Morgan fingerprint density at radius 2 is 2.07 bits per heavy atom. The average molecular weight is 398 g/mol.